The molecule has 1 amide bonds. The number of carbonyl (C=O) groups excluding carboxylic acids is 2. The van der Waals surface area contributed by atoms with Crippen molar-refractivity contribution in [2.45, 2.75) is 38.1 Å². The predicted octanol–water partition coefficient (Wildman–Crippen LogP) is 1.65. The number of nitrogens with zero attached hydrogens (tertiary/aromatic N) is 1. The lowest BCUT2D eigenvalue weighted by molar-refractivity contribution is -0.907. The summed E-state index contributed by atoms with van der Waals surface area (Å²) in [5, 5.41) is -0.0936. The van der Waals surface area contributed by atoms with Crippen LogP contribution in [-0.4, -0.2) is 55.3 Å². The molecule has 1 N–H and O–H groups in total. The number of nitrogens with one attached hydrogen (secondary N) is 1. The maximum Gasteiger partial charge on any atom is 0.364 e. The van der Waals surface area contributed by atoms with Gasteiger partial charge >= 0.3 is 5.97 Å². The molecule has 1 fully saturated rings. The Morgan fingerprint density at radius 1 is 1.38 bits per heavy atom. The van der Waals surface area contributed by atoms with Crippen molar-refractivity contribution < 1.29 is 23.6 Å². The number of unbranched alkanes of at least 4 members (excludes halogenated alkanes) is 1. The Morgan fingerprint density at radius 2 is 2.08 bits per heavy atom. The fourth-order valence-corrected chi connectivity index (χ4v) is 4.41. The normalized spacial score (nSPS) is 19.2. The van der Waals surface area contributed by atoms with E-state index in [1.807, 2.05) is 4.90 Å². The van der Waals surface area contributed by atoms with Crippen molar-refractivity contribution >= 4 is 23.6 Å². The van der Waals surface area contributed by atoms with Crippen LogP contribution in [0.15, 0.2) is 24.3 Å². The molecule has 144 valence electrons. The third kappa shape index (κ3) is 5.20. The summed E-state index contributed by atoms with van der Waals surface area (Å²) in [5.41, 5.74) is 0.929. The number of rotatable bonds is 8. The zero-order valence-electron chi connectivity index (χ0n) is 15.7. The molecule has 3 atom stereocenters. The van der Waals surface area contributed by atoms with Crippen molar-refractivity contribution in [3.05, 3.63) is 35.6 Å². The average Bonchev–Trinajstić information content (AvgIpc) is 3.14. The number of carbonyl (C=O) groups is 2. The van der Waals surface area contributed by atoms with Crippen LogP contribution in [0.4, 0.5) is 4.39 Å². The molecule has 1 heterocycles. The minimum atomic E-state index is -0.380. The van der Waals surface area contributed by atoms with Gasteiger partial charge in [0.05, 0.1) is 13.7 Å². The van der Waals surface area contributed by atoms with Crippen LogP contribution < -0.4 is 4.90 Å². The highest BCUT2D eigenvalue weighted by molar-refractivity contribution is 7.99. The second-order valence-corrected chi connectivity index (χ2v) is 7.73. The number of halogens is 1. The first-order valence-electron chi connectivity index (χ1n) is 9.06. The van der Waals surface area contributed by atoms with Crippen molar-refractivity contribution in [1.29, 1.82) is 0 Å². The Labute approximate surface area is 158 Å². The summed E-state index contributed by atoms with van der Waals surface area (Å²) in [5.74, 6) is 0.294. The summed E-state index contributed by atoms with van der Waals surface area (Å²) < 4.78 is 18.0. The highest BCUT2D eigenvalue weighted by Crippen LogP contribution is 2.37. The summed E-state index contributed by atoms with van der Waals surface area (Å²) in [6, 6.07) is 5.94. The van der Waals surface area contributed by atoms with Gasteiger partial charge in [0.15, 0.2) is 12.6 Å². The molecule has 2 rings (SSSR count). The van der Waals surface area contributed by atoms with E-state index in [4.69, 9.17) is 4.74 Å². The molecule has 1 saturated heterocycles. The van der Waals surface area contributed by atoms with Gasteiger partial charge in [0.2, 0.25) is 0 Å². The number of thioether (sulfide) groups is 1. The van der Waals surface area contributed by atoms with Crippen LogP contribution in [0.1, 0.15) is 37.6 Å². The first kappa shape index (κ1) is 20.7. The lowest BCUT2D eigenvalue weighted by atomic mass is 10.2. The van der Waals surface area contributed by atoms with Gasteiger partial charge < -0.3 is 14.5 Å². The molecule has 1 aliphatic heterocycles. The first-order valence-corrected chi connectivity index (χ1v) is 10.1. The summed E-state index contributed by atoms with van der Waals surface area (Å²) in [6.45, 7) is 5.57. The van der Waals surface area contributed by atoms with Gasteiger partial charge in [-0.3, -0.25) is 4.79 Å². The minimum absolute atomic E-state index is 0.0196. The van der Waals surface area contributed by atoms with E-state index in [1.165, 1.54) is 19.2 Å². The fraction of sp³-hybridized carbons (Fsp3) is 0.579. The number of ether oxygens (including phenoxy) is 1. The number of amides is 1. The van der Waals surface area contributed by atoms with Crippen LogP contribution in [0.3, 0.4) is 0 Å². The van der Waals surface area contributed by atoms with Crippen molar-refractivity contribution in [3.8, 4) is 0 Å². The highest BCUT2D eigenvalue weighted by atomic mass is 32.2. The van der Waals surface area contributed by atoms with E-state index >= 15 is 0 Å². The molecular formula is C19H28FN2O3S+. The highest BCUT2D eigenvalue weighted by Gasteiger charge is 2.35. The predicted molar refractivity (Wildman–Crippen MR) is 100 cm³/mol. The van der Waals surface area contributed by atoms with Crippen molar-refractivity contribution in [2.24, 2.45) is 0 Å². The van der Waals surface area contributed by atoms with Gasteiger partial charge in [-0.2, -0.15) is 0 Å². The number of quaternary nitrogens is 1. The molecule has 26 heavy (non-hydrogen) atoms. The van der Waals surface area contributed by atoms with Crippen LogP contribution in [-0.2, 0) is 14.3 Å². The number of esters is 1. The minimum Gasteiger partial charge on any atom is -0.465 e. The Morgan fingerprint density at radius 3 is 2.69 bits per heavy atom. The smallest absolute Gasteiger partial charge is 0.364 e. The van der Waals surface area contributed by atoms with Gasteiger partial charge in [0, 0.05) is 12.3 Å². The molecule has 0 aromatic heterocycles. The Bertz CT molecular complexity index is 611. The van der Waals surface area contributed by atoms with Gasteiger partial charge in [-0.05, 0) is 31.0 Å². The molecule has 0 saturated carbocycles. The molecule has 0 aliphatic carbocycles. The maximum absolute atomic E-state index is 13.2. The summed E-state index contributed by atoms with van der Waals surface area (Å²) >= 11 is 1.68. The maximum atomic E-state index is 13.2. The van der Waals surface area contributed by atoms with Crippen LogP contribution in [0.25, 0.3) is 0 Å². The van der Waals surface area contributed by atoms with E-state index in [9.17, 15) is 14.0 Å². The van der Waals surface area contributed by atoms with Crippen LogP contribution >= 0.6 is 11.8 Å². The molecule has 0 bridgehead atoms. The Hall–Kier alpha value is -1.60. The van der Waals surface area contributed by atoms with E-state index in [0.29, 0.717) is 6.54 Å². The Balaban J connectivity index is 2.08. The SMILES string of the molecule is CCCC[NH+](CC(=O)N1CCS[C@@H]1c1ccc(F)cc1)[C@@H](C)C(=O)OC. The summed E-state index contributed by atoms with van der Waals surface area (Å²) in [7, 11) is 1.37. The lowest BCUT2D eigenvalue weighted by Crippen LogP contribution is -3.17. The van der Waals surface area contributed by atoms with Crippen molar-refractivity contribution in [3.63, 3.8) is 0 Å². The molecule has 1 unspecified atom stereocenters. The number of methoxy groups -OCH3 is 1. The van der Waals surface area contributed by atoms with Gasteiger partial charge in [-0.1, -0.05) is 25.5 Å². The Kier molecular flexibility index (Phi) is 7.90. The quantitative estimate of drug-likeness (QED) is 0.694. The van der Waals surface area contributed by atoms with Gasteiger partial charge in [0.1, 0.15) is 11.2 Å². The first-order chi connectivity index (χ1) is 12.5. The molecule has 0 radical (unpaired) electrons. The molecule has 7 heteroatoms. The van der Waals surface area contributed by atoms with E-state index in [2.05, 4.69) is 6.92 Å². The third-order valence-electron chi connectivity index (χ3n) is 4.76. The molecule has 1 aliphatic rings. The molecule has 1 aromatic rings. The number of hydrogen-bond acceptors (Lipinski definition) is 4. The van der Waals surface area contributed by atoms with Crippen LogP contribution in [0.5, 0.6) is 0 Å². The van der Waals surface area contributed by atoms with E-state index in [0.717, 1.165) is 35.6 Å². The zero-order valence-corrected chi connectivity index (χ0v) is 16.5. The number of benzene rings is 1. The van der Waals surface area contributed by atoms with Crippen molar-refractivity contribution in [2.75, 3.05) is 32.5 Å². The molecule has 0 spiro atoms. The third-order valence-corrected chi connectivity index (χ3v) is 6.02. The second kappa shape index (κ2) is 9.92. The van der Waals surface area contributed by atoms with Gasteiger partial charge in [0.25, 0.3) is 5.91 Å². The van der Waals surface area contributed by atoms with Crippen molar-refractivity contribution in [1.82, 2.24) is 4.90 Å². The van der Waals surface area contributed by atoms with Gasteiger partial charge in [-0.15, -0.1) is 11.8 Å². The molecule has 1 aromatic carbocycles. The fourth-order valence-electron chi connectivity index (χ4n) is 3.13. The lowest BCUT2D eigenvalue weighted by Gasteiger charge is -2.28. The van der Waals surface area contributed by atoms with Crippen LogP contribution in [0.2, 0.25) is 0 Å². The summed E-state index contributed by atoms with van der Waals surface area (Å²) in [4.78, 5) is 27.7. The second-order valence-electron chi connectivity index (χ2n) is 6.55. The molecule has 5 nitrogen and oxygen atoms in total. The number of hydrogen-bond donors (Lipinski definition) is 1. The summed E-state index contributed by atoms with van der Waals surface area (Å²) in [6.07, 6.45) is 1.95. The van der Waals surface area contributed by atoms with E-state index in [1.54, 1.807) is 30.8 Å². The molecular weight excluding hydrogens is 355 g/mol. The monoisotopic (exact) mass is 383 g/mol. The topological polar surface area (TPSA) is 51.0 Å². The average molecular weight is 384 g/mol. The van der Waals surface area contributed by atoms with Gasteiger partial charge in [-0.25, -0.2) is 9.18 Å². The largest absolute Gasteiger partial charge is 0.465 e. The standard InChI is InChI=1S/C19H27FN2O3S/c1-4-5-10-21(14(2)19(24)25-3)13-17(23)22-11-12-26-18(22)15-6-8-16(20)9-7-15/h6-9,14,18H,4-5,10-13H2,1-3H3/p+1/t14-,18+/m0/s1. The van der Waals surface area contributed by atoms with E-state index in [-0.39, 0.29) is 35.7 Å². The zero-order chi connectivity index (χ0) is 19.1. The van der Waals surface area contributed by atoms with Crippen LogP contribution in [0, 0.1) is 5.82 Å². The van der Waals surface area contributed by atoms with E-state index < -0.39 is 0 Å².